The topological polar surface area (TPSA) is 35.2 Å². The van der Waals surface area contributed by atoms with Crippen molar-refractivity contribution in [2.45, 2.75) is 27.2 Å². The number of halogens is 1. The third-order valence-corrected chi connectivity index (χ3v) is 3.22. The zero-order valence-electron chi connectivity index (χ0n) is 10.2. The van der Waals surface area contributed by atoms with Gasteiger partial charge in [-0.3, -0.25) is 0 Å². The third-order valence-electron chi connectivity index (χ3n) is 2.73. The maximum atomic E-state index is 5.75. The van der Waals surface area contributed by atoms with Gasteiger partial charge in [0.05, 0.1) is 6.61 Å². The Morgan fingerprint density at radius 3 is 2.62 bits per heavy atom. The summed E-state index contributed by atoms with van der Waals surface area (Å²) < 4.78 is 6.84. The maximum absolute atomic E-state index is 5.75. The normalized spacial score (nSPS) is 11.6. The molecule has 0 aromatic heterocycles. The van der Waals surface area contributed by atoms with Gasteiger partial charge >= 0.3 is 0 Å². The summed E-state index contributed by atoms with van der Waals surface area (Å²) in [6.07, 6.45) is 0.971. The van der Waals surface area contributed by atoms with Crippen LogP contribution in [0.5, 0.6) is 5.75 Å². The number of hydrogen-bond acceptors (Lipinski definition) is 2. The van der Waals surface area contributed by atoms with Gasteiger partial charge < -0.3 is 10.5 Å². The van der Waals surface area contributed by atoms with Gasteiger partial charge in [-0.25, -0.2) is 0 Å². The highest BCUT2D eigenvalue weighted by Crippen LogP contribution is 2.24. The number of aryl methyl sites for hydroxylation is 1. The van der Waals surface area contributed by atoms with Gasteiger partial charge in [0.15, 0.2) is 0 Å². The predicted molar refractivity (Wildman–Crippen MR) is 71.8 cm³/mol. The molecule has 90 valence electrons. The summed E-state index contributed by atoms with van der Waals surface area (Å²) >= 11 is 3.44. The Labute approximate surface area is 106 Å². The molecule has 0 amide bonds. The van der Waals surface area contributed by atoms with E-state index in [1.807, 2.05) is 19.1 Å². The highest BCUT2D eigenvalue weighted by Gasteiger charge is 2.15. The first-order valence-corrected chi connectivity index (χ1v) is 6.33. The molecule has 16 heavy (non-hydrogen) atoms. The molecule has 0 spiro atoms. The molecule has 0 aliphatic carbocycles. The second-order valence-electron chi connectivity index (χ2n) is 4.88. The Kier molecular flexibility index (Phi) is 4.81. The van der Waals surface area contributed by atoms with E-state index in [-0.39, 0.29) is 5.41 Å². The molecule has 0 saturated carbocycles. The van der Waals surface area contributed by atoms with E-state index < -0.39 is 0 Å². The minimum absolute atomic E-state index is 0.156. The first-order chi connectivity index (χ1) is 7.44. The van der Waals surface area contributed by atoms with Crippen molar-refractivity contribution in [1.29, 1.82) is 0 Å². The van der Waals surface area contributed by atoms with Crippen LogP contribution in [-0.4, -0.2) is 13.2 Å². The molecule has 1 aromatic rings. The van der Waals surface area contributed by atoms with Crippen molar-refractivity contribution < 1.29 is 4.74 Å². The predicted octanol–water partition coefficient (Wildman–Crippen LogP) is 3.51. The lowest BCUT2D eigenvalue weighted by Crippen LogP contribution is -2.25. The van der Waals surface area contributed by atoms with Crippen LogP contribution in [0, 0.1) is 12.3 Å². The molecule has 0 unspecified atom stereocenters. The van der Waals surface area contributed by atoms with Crippen molar-refractivity contribution in [3.05, 3.63) is 28.2 Å². The average molecular weight is 286 g/mol. The Bertz CT molecular complexity index is 350. The van der Waals surface area contributed by atoms with Gasteiger partial charge in [-0.1, -0.05) is 29.8 Å². The molecule has 2 nitrogen and oxygen atoms in total. The fourth-order valence-corrected chi connectivity index (χ4v) is 1.79. The largest absolute Gasteiger partial charge is 0.493 e. The summed E-state index contributed by atoms with van der Waals surface area (Å²) in [4.78, 5) is 0. The lowest BCUT2D eigenvalue weighted by Gasteiger charge is -2.22. The standard InChI is InChI=1S/C13H20BrNO/c1-10-8-11(14)4-5-12(10)16-7-6-13(2,3)9-15/h4-5,8H,6-7,9,15H2,1-3H3. The second kappa shape index (κ2) is 5.69. The van der Waals surface area contributed by atoms with Crippen molar-refractivity contribution in [1.82, 2.24) is 0 Å². The number of rotatable bonds is 5. The summed E-state index contributed by atoms with van der Waals surface area (Å²) in [7, 11) is 0. The fourth-order valence-electron chi connectivity index (χ4n) is 1.31. The zero-order chi connectivity index (χ0) is 12.2. The van der Waals surface area contributed by atoms with Crippen molar-refractivity contribution >= 4 is 15.9 Å². The SMILES string of the molecule is Cc1cc(Br)ccc1OCCC(C)(C)CN. The molecule has 0 atom stereocenters. The molecule has 1 aromatic carbocycles. The quantitative estimate of drug-likeness (QED) is 0.899. The van der Waals surface area contributed by atoms with Crippen LogP contribution in [0.15, 0.2) is 22.7 Å². The van der Waals surface area contributed by atoms with Gasteiger partial charge in [0.2, 0.25) is 0 Å². The van der Waals surface area contributed by atoms with Crippen molar-refractivity contribution in [2.75, 3.05) is 13.2 Å². The third kappa shape index (κ3) is 4.14. The first-order valence-electron chi connectivity index (χ1n) is 5.54. The van der Waals surface area contributed by atoms with Gasteiger partial charge in [0, 0.05) is 4.47 Å². The van der Waals surface area contributed by atoms with Crippen LogP contribution in [0.4, 0.5) is 0 Å². The Hall–Kier alpha value is -0.540. The molecular formula is C13H20BrNO. The van der Waals surface area contributed by atoms with E-state index >= 15 is 0 Å². The fraction of sp³-hybridized carbons (Fsp3) is 0.538. The maximum Gasteiger partial charge on any atom is 0.122 e. The van der Waals surface area contributed by atoms with E-state index in [1.165, 1.54) is 0 Å². The minimum Gasteiger partial charge on any atom is -0.493 e. The van der Waals surface area contributed by atoms with Gasteiger partial charge in [0.1, 0.15) is 5.75 Å². The van der Waals surface area contributed by atoms with Crippen molar-refractivity contribution in [3.8, 4) is 5.75 Å². The molecular weight excluding hydrogens is 266 g/mol. The van der Waals surface area contributed by atoms with Gasteiger partial charge in [0.25, 0.3) is 0 Å². The van der Waals surface area contributed by atoms with Crippen molar-refractivity contribution in [2.24, 2.45) is 11.1 Å². The summed E-state index contributed by atoms with van der Waals surface area (Å²) in [5.41, 5.74) is 6.98. The number of benzene rings is 1. The average Bonchev–Trinajstić information content (AvgIpc) is 2.21. The number of hydrogen-bond donors (Lipinski definition) is 1. The van der Waals surface area contributed by atoms with E-state index in [9.17, 15) is 0 Å². The Morgan fingerprint density at radius 1 is 1.38 bits per heavy atom. The van der Waals surface area contributed by atoms with Crippen LogP contribution in [0.25, 0.3) is 0 Å². The van der Waals surface area contributed by atoms with Crippen LogP contribution in [0.1, 0.15) is 25.8 Å². The van der Waals surface area contributed by atoms with E-state index in [1.54, 1.807) is 0 Å². The molecule has 3 heteroatoms. The first kappa shape index (κ1) is 13.5. The van der Waals surface area contributed by atoms with Crippen LogP contribution in [0.3, 0.4) is 0 Å². The summed E-state index contributed by atoms with van der Waals surface area (Å²) in [6.45, 7) is 7.77. The molecule has 0 radical (unpaired) electrons. The van der Waals surface area contributed by atoms with Crippen LogP contribution < -0.4 is 10.5 Å². The summed E-state index contributed by atoms with van der Waals surface area (Å²) in [5.74, 6) is 0.955. The highest BCUT2D eigenvalue weighted by atomic mass is 79.9. The minimum atomic E-state index is 0.156. The smallest absolute Gasteiger partial charge is 0.122 e. The van der Waals surface area contributed by atoms with Gasteiger partial charge in [-0.2, -0.15) is 0 Å². The molecule has 0 fully saturated rings. The monoisotopic (exact) mass is 285 g/mol. The van der Waals surface area contributed by atoms with Gasteiger partial charge in [-0.15, -0.1) is 0 Å². The molecule has 0 aliphatic heterocycles. The lowest BCUT2D eigenvalue weighted by molar-refractivity contribution is 0.232. The highest BCUT2D eigenvalue weighted by molar-refractivity contribution is 9.10. The van der Waals surface area contributed by atoms with Crippen LogP contribution in [0.2, 0.25) is 0 Å². The van der Waals surface area contributed by atoms with E-state index in [4.69, 9.17) is 10.5 Å². The van der Waals surface area contributed by atoms with Crippen LogP contribution in [-0.2, 0) is 0 Å². The summed E-state index contributed by atoms with van der Waals surface area (Å²) in [6, 6.07) is 6.05. The summed E-state index contributed by atoms with van der Waals surface area (Å²) in [5, 5.41) is 0. The molecule has 0 aliphatic rings. The number of nitrogens with two attached hydrogens (primary N) is 1. The Morgan fingerprint density at radius 2 is 2.06 bits per heavy atom. The lowest BCUT2D eigenvalue weighted by atomic mass is 9.90. The molecule has 2 N–H and O–H groups in total. The molecule has 0 saturated heterocycles. The van der Waals surface area contributed by atoms with Gasteiger partial charge in [-0.05, 0) is 49.1 Å². The molecule has 1 rings (SSSR count). The Balaban J connectivity index is 2.49. The van der Waals surface area contributed by atoms with E-state index in [2.05, 4.69) is 35.8 Å². The molecule has 0 bridgehead atoms. The van der Waals surface area contributed by atoms with E-state index in [0.717, 1.165) is 22.2 Å². The van der Waals surface area contributed by atoms with E-state index in [0.29, 0.717) is 13.2 Å². The second-order valence-corrected chi connectivity index (χ2v) is 5.79. The van der Waals surface area contributed by atoms with Crippen LogP contribution >= 0.6 is 15.9 Å². The van der Waals surface area contributed by atoms with Crippen molar-refractivity contribution in [3.63, 3.8) is 0 Å². The zero-order valence-corrected chi connectivity index (χ0v) is 11.8. The number of ether oxygens (including phenoxy) is 1. The molecule has 0 heterocycles.